The first-order valence-electron chi connectivity index (χ1n) is 11.8. The number of aliphatic imine (C=N–C) groups is 2. The highest BCUT2D eigenvalue weighted by Crippen LogP contribution is 2.40. The molecule has 4 rings (SSSR count). The summed E-state index contributed by atoms with van der Waals surface area (Å²) in [5.41, 5.74) is 0.812. The van der Waals surface area contributed by atoms with E-state index in [1.807, 2.05) is 13.0 Å². The monoisotopic (exact) mass is 513 g/mol. The lowest BCUT2D eigenvalue weighted by Crippen LogP contribution is -2.58. The number of amides is 1. The van der Waals surface area contributed by atoms with Crippen LogP contribution in [0.15, 0.2) is 28.2 Å². The van der Waals surface area contributed by atoms with Gasteiger partial charge in [0.25, 0.3) is 0 Å². The van der Waals surface area contributed by atoms with E-state index in [2.05, 4.69) is 9.98 Å². The molecule has 1 aromatic rings. The van der Waals surface area contributed by atoms with Crippen molar-refractivity contribution >= 4 is 47.6 Å². The molecule has 1 saturated carbocycles. The Labute approximate surface area is 214 Å². The minimum absolute atomic E-state index is 0.0504. The molecule has 2 aliphatic heterocycles. The zero-order valence-electron chi connectivity index (χ0n) is 20.1. The molecule has 11 heteroatoms. The number of carbonyl (C=O) groups excluding carboxylic acids is 2. The molecule has 2 bridgehead atoms. The van der Waals surface area contributed by atoms with Gasteiger partial charge in [0.05, 0.1) is 35.6 Å². The van der Waals surface area contributed by atoms with Crippen molar-refractivity contribution in [2.75, 3.05) is 26.3 Å². The number of halogens is 1. The molecule has 3 fully saturated rings. The molecule has 2 heterocycles. The van der Waals surface area contributed by atoms with Crippen molar-refractivity contribution < 1.29 is 23.8 Å². The summed E-state index contributed by atoms with van der Waals surface area (Å²) < 4.78 is 17.6. The van der Waals surface area contributed by atoms with Crippen molar-refractivity contribution in [3.05, 3.63) is 28.8 Å². The van der Waals surface area contributed by atoms with Crippen LogP contribution in [0.1, 0.15) is 32.3 Å². The number of rotatable bonds is 7. The summed E-state index contributed by atoms with van der Waals surface area (Å²) in [5, 5.41) is 16.8. The van der Waals surface area contributed by atoms with Crippen molar-refractivity contribution in [2.24, 2.45) is 27.7 Å². The Morgan fingerprint density at radius 3 is 2.61 bits per heavy atom. The second kappa shape index (κ2) is 10.8. The molecule has 36 heavy (non-hydrogen) atoms. The number of nitrogens with one attached hydrogen (secondary N) is 1. The number of nitriles is 1. The Morgan fingerprint density at radius 1 is 1.36 bits per heavy atom. The lowest BCUT2D eigenvalue weighted by molar-refractivity contribution is -0.117. The molecule has 3 atom stereocenters. The highest BCUT2D eigenvalue weighted by atomic mass is 35.5. The average Bonchev–Trinajstić information content (AvgIpc) is 3.56. The fourth-order valence-corrected chi connectivity index (χ4v) is 4.67. The van der Waals surface area contributed by atoms with E-state index in [1.165, 1.54) is 6.07 Å². The summed E-state index contributed by atoms with van der Waals surface area (Å²) in [6.07, 6.45) is 2.55. The van der Waals surface area contributed by atoms with Crippen LogP contribution in [0.4, 0.5) is 10.5 Å². The topological polar surface area (TPSA) is 137 Å². The molecule has 3 unspecified atom stereocenters. The number of likely N-dealkylation sites (tertiary alicyclic amines) is 1. The first-order chi connectivity index (χ1) is 17.3. The normalized spacial score (nSPS) is 25.8. The molecule has 0 spiro atoms. The Kier molecular flexibility index (Phi) is 7.71. The van der Waals surface area contributed by atoms with Crippen LogP contribution in [0.25, 0.3) is 0 Å². The van der Waals surface area contributed by atoms with Crippen LogP contribution in [0.3, 0.4) is 0 Å². The van der Waals surface area contributed by atoms with E-state index in [4.69, 9.17) is 36.5 Å². The van der Waals surface area contributed by atoms with Crippen LogP contribution in [-0.2, 0) is 19.0 Å². The van der Waals surface area contributed by atoms with Gasteiger partial charge in [-0.2, -0.15) is 5.26 Å². The van der Waals surface area contributed by atoms with E-state index in [0.29, 0.717) is 49.6 Å². The summed E-state index contributed by atoms with van der Waals surface area (Å²) in [6, 6.07) is 6.69. The molecule has 190 valence electrons. The van der Waals surface area contributed by atoms with Gasteiger partial charge in [0.2, 0.25) is 5.90 Å². The Bertz CT molecular complexity index is 1130. The van der Waals surface area contributed by atoms with Gasteiger partial charge in [-0.05, 0) is 44.9 Å². The van der Waals surface area contributed by atoms with Crippen LogP contribution in [0.5, 0.6) is 0 Å². The van der Waals surface area contributed by atoms with Gasteiger partial charge in [-0.1, -0.05) is 11.6 Å². The highest BCUT2D eigenvalue weighted by Gasteiger charge is 2.47. The lowest BCUT2D eigenvalue weighted by atomic mass is 9.84. The summed E-state index contributed by atoms with van der Waals surface area (Å²) in [7, 11) is 0. The van der Waals surface area contributed by atoms with Crippen LogP contribution in [0, 0.1) is 34.5 Å². The van der Waals surface area contributed by atoms with E-state index in [0.717, 1.165) is 19.2 Å². The number of carbonyl (C=O) groups is 2. The quantitative estimate of drug-likeness (QED) is 0.334. The SMILES string of the molecule is CC(=Nc1ccc(C#N)cc1Cl)C(C=O)C(=NC=N)OC1C2COCC1CN(C(=O)OC1(C)CC1)C2. The van der Waals surface area contributed by atoms with Gasteiger partial charge in [0.1, 0.15) is 30.2 Å². The molecule has 3 aliphatic rings. The summed E-state index contributed by atoms with van der Waals surface area (Å²) in [5.74, 6) is -1.19. The van der Waals surface area contributed by atoms with Gasteiger partial charge < -0.3 is 23.9 Å². The maximum absolute atomic E-state index is 12.7. The summed E-state index contributed by atoms with van der Waals surface area (Å²) in [4.78, 5) is 35.0. The molecule has 1 N–H and O–H groups in total. The third-order valence-electron chi connectivity index (χ3n) is 6.72. The van der Waals surface area contributed by atoms with Gasteiger partial charge in [0.15, 0.2) is 0 Å². The molecular weight excluding hydrogens is 486 g/mol. The molecule has 0 radical (unpaired) electrons. The number of aldehydes is 1. The number of nitrogens with zero attached hydrogens (tertiary/aromatic N) is 4. The van der Waals surface area contributed by atoms with Crippen LogP contribution >= 0.6 is 11.6 Å². The third kappa shape index (κ3) is 5.74. The second-order valence-corrected chi connectivity index (χ2v) is 10.0. The van der Waals surface area contributed by atoms with Crippen molar-refractivity contribution in [1.29, 1.82) is 10.7 Å². The maximum Gasteiger partial charge on any atom is 0.410 e. The van der Waals surface area contributed by atoms with Gasteiger partial charge in [-0.15, -0.1) is 0 Å². The lowest BCUT2D eigenvalue weighted by Gasteiger charge is -2.46. The van der Waals surface area contributed by atoms with Crippen molar-refractivity contribution in [3.8, 4) is 6.07 Å². The first-order valence-corrected chi connectivity index (χ1v) is 12.1. The van der Waals surface area contributed by atoms with E-state index in [1.54, 1.807) is 24.0 Å². The van der Waals surface area contributed by atoms with Crippen LogP contribution in [-0.4, -0.2) is 73.2 Å². The molecule has 1 amide bonds. The van der Waals surface area contributed by atoms with E-state index >= 15 is 0 Å². The minimum Gasteiger partial charge on any atom is -0.476 e. The number of ether oxygens (including phenoxy) is 3. The van der Waals surface area contributed by atoms with Crippen molar-refractivity contribution in [3.63, 3.8) is 0 Å². The molecule has 0 aromatic heterocycles. The molecule has 2 saturated heterocycles. The largest absolute Gasteiger partial charge is 0.476 e. The average molecular weight is 514 g/mol. The molecule has 10 nitrogen and oxygen atoms in total. The fraction of sp³-hybridized carbons (Fsp3) is 0.520. The smallest absolute Gasteiger partial charge is 0.410 e. The summed E-state index contributed by atoms with van der Waals surface area (Å²) >= 11 is 6.24. The fourth-order valence-electron chi connectivity index (χ4n) is 4.44. The number of piperidine rings is 1. The van der Waals surface area contributed by atoms with Crippen LogP contribution < -0.4 is 0 Å². The highest BCUT2D eigenvalue weighted by molar-refractivity contribution is 6.33. The molecule has 1 aromatic carbocycles. The summed E-state index contributed by atoms with van der Waals surface area (Å²) in [6.45, 7) is 5.15. The predicted octanol–water partition coefficient (Wildman–Crippen LogP) is 3.78. The Balaban J connectivity index is 1.51. The van der Waals surface area contributed by atoms with Gasteiger partial charge in [-0.3, -0.25) is 10.4 Å². The zero-order valence-corrected chi connectivity index (χ0v) is 20.9. The third-order valence-corrected chi connectivity index (χ3v) is 7.03. The molecular formula is C25H28ClN5O5. The van der Waals surface area contributed by atoms with E-state index < -0.39 is 5.92 Å². The van der Waals surface area contributed by atoms with Crippen molar-refractivity contribution in [1.82, 2.24) is 4.90 Å². The number of hydrogen-bond acceptors (Lipinski definition) is 8. The van der Waals surface area contributed by atoms with Gasteiger partial charge in [0, 0.05) is 30.6 Å². The van der Waals surface area contributed by atoms with E-state index in [-0.39, 0.29) is 40.6 Å². The molecule has 1 aliphatic carbocycles. The number of fused-ring (bicyclic) bond motifs is 2. The first kappa shape index (κ1) is 25.8. The number of hydrogen-bond donors (Lipinski definition) is 1. The predicted molar refractivity (Wildman–Crippen MR) is 133 cm³/mol. The maximum atomic E-state index is 12.7. The van der Waals surface area contributed by atoms with Gasteiger partial charge in [-0.25, -0.2) is 9.79 Å². The zero-order chi connectivity index (χ0) is 25.9. The van der Waals surface area contributed by atoms with Gasteiger partial charge >= 0.3 is 6.09 Å². The standard InChI is InChI=1S/C25H28ClN5O5/c1-15(30-21-4-3-16(8-27)7-20(21)26)19(11-32)23(29-14-28)35-22-17-9-31(10-18(22)13-34-12-17)24(33)36-25(2)5-6-25/h3-4,7,11,14,17-19,22,28H,5-6,9-10,12-13H2,1-2H3. The minimum atomic E-state index is -0.947. The van der Waals surface area contributed by atoms with Crippen LogP contribution in [0.2, 0.25) is 5.02 Å². The number of benzene rings is 1. The van der Waals surface area contributed by atoms with E-state index in [9.17, 15) is 9.59 Å². The van der Waals surface area contributed by atoms with Crippen molar-refractivity contribution in [2.45, 2.75) is 38.4 Å². The second-order valence-electron chi connectivity index (χ2n) is 9.60. The Hall–Kier alpha value is -3.29. The Morgan fingerprint density at radius 2 is 2.06 bits per heavy atom.